The van der Waals surface area contributed by atoms with Gasteiger partial charge in [0.05, 0.1) is 0 Å². The largest absolute Gasteiger partial charge is 0.322 e. The Labute approximate surface area is 181 Å². The highest BCUT2D eigenvalue weighted by molar-refractivity contribution is 7.99. The van der Waals surface area contributed by atoms with Crippen molar-refractivity contribution in [2.75, 3.05) is 44.0 Å². The molecule has 1 aliphatic rings. The number of rotatable bonds is 6. The van der Waals surface area contributed by atoms with Crippen LogP contribution in [0.2, 0.25) is 0 Å². The predicted molar refractivity (Wildman–Crippen MR) is 119 cm³/mol. The van der Waals surface area contributed by atoms with E-state index in [0.717, 1.165) is 58.7 Å². The van der Waals surface area contributed by atoms with Crippen LogP contribution in [-0.2, 0) is 16.6 Å². The average Bonchev–Trinajstić information content (AvgIpc) is 2.71. The van der Waals surface area contributed by atoms with Crippen LogP contribution in [0.1, 0.15) is 21.5 Å². The van der Waals surface area contributed by atoms with Crippen LogP contribution >= 0.6 is 11.8 Å². The average molecular weight is 452 g/mol. The maximum Gasteiger partial charge on any atom is 0.255 e. The number of nitrogens with one attached hydrogen (secondary N) is 1. The molecule has 0 spiro atoms. The lowest BCUT2D eigenvalue weighted by Crippen LogP contribution is -2.32. The van der Waals surface area contributed by atoms with E-state index in [0.29, 0.717) is 5.69 Å². The molecular weight excluding hydrogens is 425 g/mol. The van der Waals surface area contributed by atoms with Crippen molar-refractivity contribution in [1.82, 2.24) is 9.21 Å². The number of anilines is 1. The number of carbonyl (C=O) groups excluding carboxylic acids is 1. The molecule has 2 aromatic carbocycles. The number of nitrogens with zero attached hydrogens (tertiary/aromatic N) is 2. The van der Waals surface area contributed by atoms with E-state index in [2.05, 4.69) is 10.2 Å². The van der Waals surface area contributed by atoms with Gasteiger partial charge in [0.15, 0.2) is 0 Å². The zero-order valence-corrected chi connectivity index (χ0v) is 18.9. The van der Waals surface area contributed by atoms with Crippen LogP contribution in [0.5, 0.6) is 0 Å². The van der Waals surface area contributed by atoms with Crippen molar-refractivity contribution < 1.29 is 17.6 Å². The third-order valence-corrected chi connectivity index (χ3v) is 7.92. The Morgan fingerprint density at radius 3 is 2.57 bits per heavy atom. The SMILES string of the molecule is Cc1c(CN2CCSCC2)cccc1NC(=O)c1ccc(F)c(S(=O)(=O)N(C)C)c1. The van der Waals surface area contributed by atoms with Crippen molar-refractivity contribution in [3.8, 4) is 0 Å². The Hall–Kier alpha value is -1.94. The number of benzene rings is 2. The van der Waals surface area contributed by atoms with Gasteiger partial charge in [-0.05, 0) is 42.3 Å². The maximum absolute atomic E-state index is 14.1. The minimum Gasteiger partial charge on any atom is -0.322 e. The number of thioether (sulfide) groups is 1. The number of halogens is 1. The highest BCUT2D eigenvalue weighted by Gasteiger charge is 2.23. The predicted octanol–water partition coefficient (Wildman–Crippen LogP) is 3.19. The fourth-order valence-corrected chi connectivity index (χ4v) is 5.19. The quantitative estimate of drug-likeness (QED) is 0.731. The normalized spacial score (nSPS) is 15.4. The lowest BCUT2D eigenvalue weighted by atomic mass is 10.1. The van der Waals surface area contributed by atoms with Gasteiger partial charge in [0, 0.05) is 56.5 Å². The molecule has 162 valence electrons. The molecule has 0 unspecified atom stereocenters. The molecule has 0 bridgehead atoms. The van der Waals surface area contributed by atoms with Gasteiger partial charge < -0.3 is 5.32 Å². The zero-order chi connectivity index (χ0) is 21.9. The van der Waals surface area contributed by atoms with Gasteiger partial charge in [-0.1, -0.05) is 12.1 Å². The topological polar surface area (TPSA) is 69.7 Å². The Morgan fingerprint density at radius 2 is 1.90 bits per heavy atom. The number of carbonyl (C=O) groups is 1. The lowest BCUT2D eigenvalue weighted by molar-refractivity contribution is 0.102. The van der Waals surface area contributed by atoms with Gasteiger partial charge in [-0.15, -0.1) is 0 Å². The highest BCUT2D eigenvalue weighted by Crippen LogP contribution is 2.24. The summed E-state index contributed by atoms with van der Waals surface area (Å²) in [5.74, 6) is 0.870. The van der Waals surface area contributed by atoms with E-state index in [4.69, 9.17) is 0 Å². The third kappa shape index (κ3) is 5.03. The van der Waals surface area contributed by atoms with Crippen molar-refractivity contribution in [3.63, 3.8) is 0 Å². The summed E-state index contributed by atoms with van der Waals surface area (Å²) in [7, 11) is -1.36. The summed E-state index contributed by atoms with van der Waals surface area (Å²) in [4.78, 5) is 14.6. The summed E-state index contributed by atoms with van der Waals surface area (Å²) in [5, 5.41) is 2.84. The highest BCUT2D eigenvalue weighted by atomic mass is 32.2. The van der Waals surface area contributed by atoms with Crippen LogP contribution in [0.25, 0.3) is 0 Å². The molecule has 30 heavy (non-hydrogen) atoms. The molecule has 1 heterocycles. The number of hydrogen-bond acceptors (Lipinski definition) is 5. The van der Waals surface area contributed by atoms with E-state index in [1.165, 1.54) is 20.2 Å². The summed E-state index contributed by atoms with van der Waals surface area (Å²) in [5.41, 5.74) is 2.84. The van der Waals surface area contributed by atoms with Gasteiger partial charge in [0.1, 0.15) is 10.7 Å². The second-order valence-electron chi connectivity index (χ2n) is 7.36. The molecular formula is C21H26FN3O3S2. The van der Waals surface area contributed by atoms with Gasteiger partial charge in [-0.25, -0.2) is 17.1 Å². The first kappa shape index (κ1) is 22.7. The molecule has 1 aliphatic heterocycles. The van der Waals surface area contributed by atoms with Gasteiger partial charge >= 0.3 is 0 Å². The number of sulfonamides is 1. The summed E-state index contributed by atoms with van der Waals surface area (Å²) >= 11 is 1.96. The molecule has 0 aromatic heterocycles. The van der Waals surface area contributed by atoms with Gasteiger partial charge in [0.25, 0.3) is 5.91 Å². The fraction of sp³-hybridized carbons (Fsp3) is 0.381. The van der Waals surface area contributed by atoms with Gasteiger partial charge in [-0.2, -0.15) is 11.8 Å². The van der Waals surface area contributed by atoms with Crippen molar-refractivity contribution >= 4 is 33.4 Å². The van der Waals surface area contributed by atoms with Crippen LogP contribution in [0, 0.1) is 12.7 Å². The van der Waals surface area contributed by atoms with E-state index in [9.17, 15) is 17.6 Å². The summed E-state index contributed by atoms with van der Waals surface area (Å²) in [6.07, 6.45) is 0. The van der Waals surface area contributed by atoms with Crippen LogP contribution in [0.15, 0.2) is 41.3 Å². The van der Waals surface area contributed by atoms with Crippen molar-refractivity contribution in [2.45, 2.75) is 18.4 Å². The Bertz CT molecular complexity index is 1040. The second kappa shape index (κ2) is 9.47. The lowest BCUT2D eigenvalue weighted by Gasteiger charge is -2.27. The first-order chi connectivity index (χ1) is 14.2. The number of hydrogen-bond donors (Lipinski definition) is 1. The molecule has 0 radical (unpaired) electrons. The van der Waals surface area contributed by atoms with Crippen LogP contribution in [-0.4, -0.2) is 62.2 Å². The molecule has 1 fully saturated rings. The van der Waals surface area contributed by atoms with E-state index >= 15 is 0 Å². The monoisotopic (exact) mass is 451 g/mol. The van der Waals surface area contributed by atoms with Crippen molar-refractivity contribution in [1.29, 1.82) is 0 Å². The maximum atomic E-state index is 14.1. The summed E-state index contributed by atoms with van der Waals surface area (Å²) in [6, 6.07) is 9.11. The Morgan fingerprint density at radius 1 is 1.20 bits per heavy atom. The molecule has 6 nitrogen and oxygen atoms in total. The van der Waals surface area contributed by atoms with E-state index in [1.54, 1.807) is 0 Å². The first-order valence-corrected chi connectivity index (χ1v) is 12.2. The standard InChI is InChI=1S/C21H26FN3O3S2/c1-15-17(14-25-9-11-29-12-10-25)5-4-6-19(15)23-21(26)16-7-8-18(22)20(13-16)30(27,28)24(2)3/h4-8,13H,9-12,14H2,1-3H3,(H,23,26). The molecule has 0 aliphatic carbocycles. The van der Waals surface area contributed by atoms with Crippen molar-refractivity contribution in [3.05, 3.63) is 58.9 Å². The zero-order valence-electron chi connectivity index (χ0n) is 17.3. The van der Waals surface area contributed by atoms with Crippen LogP contribution < -0.4 is 5.32 Å². The minimum atomic E-state index is -4.00. The summed E-state index contributed by atoms with van der Waals surface area (Å²) in [6.45, 7) is 4.85. The van der Waals surface area contributed by atoms with E-state index in [-0.39, 0.29) is 5.56 Å². The van der Waals surface area contributed by atoms with Crippen LogP contribution in [0.3, 0.4) is 0 Å². The smallest absolute Gasteiger partial charge is 0.255 e. The summed E-state index contributed by atoms with van der Waals surface area (Å²) < 4.78 is 39.7. The van der Waals surface area contributed by atoms with Gasteiger partial charge in [0.2, 0.25) is 10.0 Å². The fourth-order valence-electron chi connectivity index (χ4n) is 3.22. The molecule has 0 atom stereocenters. The Balaban J connectivity index is 1.82. The van der Waals surface area contributed by atoms with E-state index in [1.807, 2.05) is 36.9 Å². The molecule has 9 heteroatoms. The number of amides is 1. The molecule has 1 saturated heterocycles. The second-order valence-corrected chi connectivity index (χ2v) is 10.7. The van der Waals surface area contributed by atoms with E-state index < -0.39 is 26.6 Å². The molecule has 1 N–H and O–H groups in total. The molecule has 1 amide bonds. The molecule has 0 saturated carbocycles. The first-order valence-electron chi connectivity index (χ1n) is 9.62. The molecule has 2 aromatic rings. The third-order valence-electron chi connectivity index (χ3n) is 5.14. The van der Waals surface area contributed by atoms with Crippen molar-refractivity contribution in [2.24, 2.45) is 0 Å². The van der Waals surface area contributed by atoms with Gasteiger partial charge in [-0.3, -0.25) is 9.69 Å². The Kier molecular flexibility index (Phi) is 7.18. The van der Waals surface area contributed by atoms with Crippen LogP contribution in [0.4, 0.5) is 10.1 Å². The minimum absolute atomic E-state index is 0.0784. The molecule has 3 rings (SSSR count).